The van der Waals surface area contributed by atoms with Gasteiger partial charge in [0.15, 0.2) is 0 Å². The van der Waals surface area contributed by atoms with Crippen LogP contribution in [0.4, 0.5) is 0 Å². The first-order chi connectivity index (χ1) is 7.42. The predicted octanol–water partition coefficient (Wildman–Crippen LogP) is 0.518. The van der Waals surface area contributed by atoms with E-state index < -0.39 is 0 Å². The zero-order valence-corrected chi connectivity index (χ0v) is 9.62. The average Bonchev–Trinajstić information content (AvgIpc) is 2.99. The molecule has 0 bridgehead atoms. The summed E-state index contributed by atoms with van der Waals surface area (Å²) in [6, 6.07) is 1.76. The third-order valence-corrected chi connectivity index (χ3v) is 4.11. The van der Waals surface area contributed by atoms with Gasteiger partial charge in [-0.15, -0.1) is 0 Å². The lowest BCUT2D eigenvalue weighted by molar-refractivity contribution is 0.119. The molecule has 3 nitrogen and oxygen atoms in total. The van der Waals surface area contributed by atoms with Crippen molar-refractivity contribution in [2.75, 3.05) is 39.3 Å². The van der Waals surface area contributed by atoms with Gasteiger partial charge in [0.2, 0.25) is 0 Å². The molecule has 3 aliphatic rings. The smallest absolute Gasteiger partial charge is 0.0195 e. The van der Waals surface area contributed by atoms with E-state index in [4.69, 9.17) is 0 Å². The molecule has 3 fully saturated rings. The molecule has 2 heterocycles. The van der Waals surface area contributed by atoms with E-state index in [0.29, 0.717) is 0 Å². The predicted molar refractivity (Wildman–Crippen MR) is 62.1 cm³/mol. The Kier molecular flexibility index (Phi) is 2.95. The van der Waals surface area contributed by atoms with Crippen LogP contribution < -0.4 is 5.32 Å². The lowest BCUT2D eigenvalue weighted by Crippen LogP contribution is -2.50. The molecule has 3 heteroatoms. The molecule has 0 aromatic carbocycles. The maximum atomic E-state index is 3.59. The molecular formula is C12H23N3. The second-order valence-electron chi connectivity index (χ2n) is 5.36. The minimum Gasteiger partial charge on any atom is -0.313 e. The molecule has 86 valence electrons. The molecule has 0 amide bonds. The summed E-state index contributed by atoms with van der Waals surface area (Å²) in [6.45, 7) is 7.77. The van der Waals surface area contributed by atoms with Crippen LogP contribution in [0.5, 0.6) is 0 Å². The Labute approximate surface area is 92.8 Å². The Bertz CT molecular complexity index is 201. The van der Waals surface area contributed by atoms with Crippen molar-refractivity contribution in [3.63, 3.8) is 0 Å². The van der Waals surface area contributed by atoms with E-state index in [0.717, 1.165) is 12.1 Å². The summed E-state index contributed by atoms with van der Waals surface area (Å²) in [4.78, 5) is 5.35. The monoisotopic (exact) mass is 209 g/mol. The highest BCUT2D eigenvalue weighted by atomic mass is 15.3. The van der Waals surface area contributed by atoms with Gasteiger partial charge in [0.05, 0.1) is 0 Å². The van der Waals surface area contributed by atoms with E-state index in [2.05, 4.69) is 15.1 Å². The summed E-state index contributed by atoms with van der Waals surface area (Å²) in [5, 5.41) is 3.59. The van der Waals surface area contributed by atoms with Gasteiger partial charge in [0.1, 0.15) is 0 Å². The third-order valence-electron chi connectivity index (χ3n) is 4.11. The number of nitrogens with zero attached hydrogens (tertiary/aromatic N) is 2. The summed E-state index contributed by atoms with van der Waals surface area (Å²) < 4.78 is 0. The summed E-state index contributed by atoms with van der Waals surface area (Å²) in [5.41, 5.74) is 0. The minimum atomic E-state index is 0.789. The van der Waals surface area contributed by atoms with Gasteiger partial charge >= 0.3 is 0 Å². The van der Waals surface area contributed by atoms with Crippen molar-refractivity contribution in [2.45, 2.75) is 37.8 Å². The quantitative estimate of drug-likeness (QED) is 0.731. The van der Waals surface area contributed by atoms with Gasteiger partial charge in [-0.2, -0.15) is 0 Å². The first kappa shape index (κ1) is 10.1. The second kappa shape index (κ2) is 4.40. The van der Waals surface area contributed by atoms with Gasteiger partial charge < -0.3 is 5.32 Å². The Morgan fingerprint density at radius 1 is 1.00 bits per heavy atom. The Hall–Kier alpha value is -0.120. The average molecular weight is 209 g/mol. The molecule has 15 heavy (non-hydrogen) atoms. The van der Waals surface area contributed by atoms with Gasteiger partial charge in [0, 0.05) is 44.8 Å². The van der Waals surface area contributed by atoms with Gasteiger partial charge in [-0.3, -0.25) is 9.80 Å². The zero-order valence-electron chi connectivity index (χ0n) is 9.62. The molecule has 1 aliphatic carbocycles. The fraction of sp³-hybridized carbons (Fsp3) is 1.00. The zero-order chi connectivity index (χ0) is 10.1. The van der Waals surface area contributed by atoms with E-state index in [9.17, 15) is 0 Å². The molecule has 1 N–H and O–H groups in total. The Morgan fingerprint density at radius 2 is 1.80 bits per heavy atom. The van der Waals surface area contributed by atoms with Crippen LogP contribution in [-0.2, 0) is 0 Å². The van der Waals surface area contributed by atoms with Gasteiger partial charge in [-0.1, -0.05) is 0 Å². The van der Waals surface area contributed by atoms with Gasteiger partial charge in [0.25, 0.3) is 0 Å². The SMILES string of the molecule is C1CN[C@@H](CN2CCN(C3CC3)CC2)C1. The van der Waals surface area contributed by atoms with E-state index >= 15 is 0 Å². The molecule has 0 aromatic rings. The molecule has 0 aromatic heterocycles. The highest BCUT2D eigenvalue weighted by Crippen LogP contribution is 2.27. The van der Waals surface area contributed by atoms with Crippen LogP contribution in [-0.4, -0.2) is 61.2 Å². The van der Waals surface area contributed by atoms with Gasteiger partial charge in [-0.05, 0) is 32.2 Å². The van der Waals surface area contributed by atoms with Crippen molar-refractivity contribution in [3.8, 4) is 0 Å². The van der Waals surface area contributed by atoms with Crippen LogP contribution in [0.2, 0.25) is 0 Å². The van der Waals surface area contributed by atoms with Crippen molar-refractivity contribution in [2.24, 2.45) is 0 Å². The van der Waals surface area contributed by atoms with Crippen LogP contribution in [0.15, 0.2) is 0 Å². The van der Waals surface area contributed by atoms with Crippen LogP contribution in [0.25, 0.3) is 0 Å². The van der Waals surface area contributed by atoms with Crippen LogP contribution in [0.1, 0.15) is 25.7 Å². The van der Waals surface area contributed by atoms with E-state index in [1.807, 2.05) is 0 Å². The lowest BCUT2D eigenvalue weighted by Gasteiger charge is -2.36. The standard InChI is InChI=1S/C12H23N3/c1-2-11(13-5-1)10-14-6-8-15(9-7-14)12-3-4-12/h11-13H,1-10H2/t11-/m1/s1. The van der Waals surface area contributed by atoms with E-state index in [-0.39, 0.29) is 0 Å². The van der Waals surface area contributed by atoms with E-state index in [1.54, 1.807) is 0 Å². The van der Waals surface area contributed by atoms with Crippen molar-refractivity contribution < 1.29 is 0 Å². The molecule has 2 aliphatic heterocycles. The highest BCUT2D eigenvalue weighted by Gasteiger charge is 2.31. The van der Waals surface area contributed by atoms with Gasteiger partial charge in [-0.25, -0.2) is 0 Å². The Balaban J connectivity index is 1.40. The molecule has 0 unspecified atom stereocenters. The Morgan fingerprint density at radius 3 is 2.40 bits per heavy atom. The molecule has 0 radical (unpaired) electrons. The fourth-order valence-corrected chi connectivity index (χ4v) is 2.97. The first-order valence-electron chi connectivity index (χ1n) is 6.61. The third kappa shape index (κ3) is 2.52. The topological polar surface area (TPSA) is 18.5 Å². The molecule has 3 rings (SSSR count). The molecule has 2 saturated heterocycles. The number of nitrogens with one attached hydrogen (secondary N) is 1. The largest absolute Gasteiger partial charge is 0.313 e. The number of hydrogen-bond acceptors (Lipinski definition) is 3. The van der Waals surface area contributed by atoms with Crippen LogP contribution in [0, 0.1) is 0 Å². The van der Waals surface area contributed by atoms with Crippen LogP contribution >= 0.6 is 0 Å². The van der Waals surface area contributed by atoms with Crippen molar-refractivity contribution in [3.05, 3.63) is 0 Å². The number of rotatable bonds is 3. The van der Waals surface area contributed by atoms with Crippen LogP contribution in [0.3, 0.4) is 0 Å². The van der Waals surface area contributed by atoms with Crippen molar-refractivity contribution in [1.82, 2.24) is 15.1 Å². The molecular weight excluding hydrogens is 186 g/mol. The maximum absolute atomic E-state index is 3.59. The lowest BCUT2D eigenvalue weighted by atomic mass is 10.2. The first-order valence-corrected chi connectivity index (χ1v) is 6.61. The maximum Gasteiger partial charge on any atom is 0.0195 e. The normalized spacial score (nSPS) is 34.8. The summed E-state index contributed by atoms with van der Waals surface area (Å²) in [6.07, 6.45) is 5.70. The van der Waals surface area contributed by atoms with Crippen molar-refractivity contribution in [1.29, 1.82) is 0 Å². The summed E-state index contributed by atoms with van der Waals surface area (Å²) in [7, 11) is 0. The number of piperazine rings is 1. The second-order valence-corrected chi connectivity index (χ2v) is 5.36. The van der Waals surface area contributed by atoms with E-state index in [1.165, 1.54) is 65.0 Å². The summed E-state index contributed by atoms with van der Waals surface area (Å²) in [5.74, 6) is 0. The fourth-order valence-electron chi connectivity index (χ4n) is 2.97. The summed E-state index contributed by atoms with van der Waals surface area (Å²) >= 11 is 0. The molecule has 1 atom stereocenters. The van der Waals surface area contributed by atoms with Crippen molar-refractivity contribution >= 4 is 0 Å². The highest BCUT2D eigenvalue weighted by molar-refractivity contribution is 4.88. The number of hydrogen-bond donors (Lipinski definition) is 1. The minimum absolute atomic E-state index is 0.789. The molecule has 1 saturated carbocycles. The molecule has 0 spiro atoms.